The minimum absolute atomic E-state index is 0.0359. The van der Waals surface area contributed by atoms with Crippen LogP contribution in [0, 0.1) is 0 Å². The molecule has 1 aliphatic carbocycles. The molecule has 102 valence electrons. The van der Waals surface area contributed by atoms with Crippen LogP contribution in [0.15, 0.2) is 0 Å². The highest BCUT2D eigenvalue weighted by Gasteiger charge is 2.72. The Morgan fingerprint density at radius 2 is 1.22 bits per heavy atom. The number of epoxide rings is 1. The van der Waals surface area contributed by atoms with Gasteiger partial charge >= 0.3 is 0 Å². The maximum absolute atomic E-state index is 6.02. The van der Waals surface area contributed by atoms with Crippen LogP contribution in [-0.4, -0.2) is 48.2 Å². The molecule has 4 aliphatic rings. The van der Waals surface area contributed by atoms with Crippen molar-refractivity contribution in [3.8, 4) is 0 Å². The molecular weight excluding hydrogens is 236 g/mol. The first-order chi connectivity index (χ1) is 8.31. The lowest BCUT2D eigenvalue weighted by atomic mass is 9.80. The molecule has 5 atom stereocenters. The van der Waals surface area contributed by atoms with Crippen LogP contribution >= 0.6 is 0 Å². The Labute approximate surface area is 107 Å². The van der Waals surface area contributed by atoms with Crippen molar-refractivity contribution in [2.24, 2.45) is 0 Å². The van der Waals surface area contributed by atoms with Gasteiger partial charge in [0.05, 0.1) is 18.8 Å². The summed E-state index contributed by atoms with van der Waals surface area (Å²) in [7, 11) is 0. The second-order valence-electron chi connectivity index (χ2n) is 6.67. The van der Waals surface area contributed by atoms with Gasteiger partial charge < -0.3 is 23.7 Å². The van der Waals surface area contributed by atoms with Gasteiger partial charge in [0.1, 0.15) is 17.8 Å². The summed E-state index contributed by atoms with van der Waals surface area (Å²) in [6, 6.07) is 0. The fourth-order valence-corrected chi connectivity index (χ4v) is 3.65. The molecule has 0 aromatic heterocycles. The molecule has 0 radical (unpaired) electrons. The Morgan fingerprint density at radius 1 is 0.778 bits per heavy atom. The number of ether oxygens (including phenoxy) is 5. The quantitative estimate of drug-likeness (QED) is 0.609. The third-order valence-electron chi connectivity index (χ3n) is 4.27. The predicted molar refractivity (Wildman–Crippen MR) is 61.0 cm³/mol. The van der Waals surface area contributed by atoms with Crippen molar-refractivity contribution in [1.29, 1.82) is 0 Å². The van der Waals surface area contributed by atoms with Crippen molar-refractivity contribution in [2.75, 3.05) is 6.61 Å². The molecule has 1 saturated carbocycles. The molecule has 1 spiro atoms. The molecule has 3 saturated heterocycles. The predicted octanol–water partition coefficient (Wildman–Crippen LogP) is 1.20. The SMILES string of the molecule is CC1(C)O[C@H]2C[C@H]3OC(C)(C)O[C@@H]3C3(CO3)[C@H]2O1. The summed E-state index contributed by atoms with van der Waals surface area (Å²) in [5.41, 5.74) is -0.352. The van der Waals surface area contributed by atoms with Gasteiger partial charge in [-0.25, -0.2) is 0 Å². The molecule has 5 nitrogen and oxygen atoms in total. The minimum Gasteiger partial charge on any atom is -0.364 e. The van der Waals surface area contributed by atoms with Gasteiger partial charge in [0.15, 0.2) is 11.6 Å². The van der Waals surface area contributed by atoms with Crippen LogP contribution in [0.5, 0.6) is 0 Å². The van der Waals surface area contributed by atoms with E-state index in [-0.39, 0.29) is 30.0 Å². The highest BCUT2D eigenvalue weighted by molar-refractivity contribution is 5.18. The van der Waals surface area contributed by atoms with Gasteiger partial charge in [0.2, 0.25) is 0 Å². The number of rotatable bonds is 0. The van der Waals surface area contributed by atoms with Crippen molar-refractivity contribution in [1.82, 2.24) is 0 Å². The smallest absolute Gasteiger partial charge is 0.163 e. The highest BCUT2D eigenvalue weighted by atomic mass is 16.8. The monoisotopic (exact) mass is 256 g/mol. The second kappa shape index (κ2) is 3.10. The van der Waals surface area contributed by atoms with E-state index in [1.807, 2.05) is 27.7 Å². The van der Waals surface area contributed by atoms with Crippen LogP contribution in [0.1, 0.15) is 34.1 Å². The standard InChI is InChI=1S/C13H20O5/c1-11(2)15-7-5-8-10(18-12(3,4)16-8)13(6-14-13)9(7)17-11/h7-10H,5-6H2,1-4H3/t7-,8+,9-,10-,13?/m0/s1. The summed E-state index contributed by atoms with van der Waals surface area (Å²) in [4.78, 5) is 0. The number of hydrogen-bond acceptors (Lipinski definition) is 5. The van der Waals surface area contributed by atoms with Gasteiger partial charge in [-0.3, -0.25) is 0 Å². The number of fused-ring (bicyclic) bond motifs is 4. The van der Waals surface area contributed by atoms with Crippen molar-refractivity contribution in [3.05, 3.63) is 0 Å². The Morgan fingerprint density at radius 3 is 1.61 bits per heavy atom. The zero-order valence-electron chi connectivity index (χ0n) is 11.3. The second-order valence-corrected chi connectivity index (χ2v) is 6.67. The third kappa shape index (κ3) is 1.45. The molecule has 0 N–H and O–H groups in total. The molecule has 4 rings (SSSR count). The zero-order valence-corrected chi connectivity index (χ0v) is 11.3. The number of hydrogen-bond donors (Lipinski definition) is 0. The molecule has 3 heterocycles. The summed E-state index contributed by atoms with van der Waals surface area (Å²) in [6.45, 7) is 8.46. The summed E-state index contributed by atoms with van der Waals surface area (Å²) in [6.07, 6.45) is 0.827. The Hall–Kier alpha value is -0.200. The molecule has 1 unspecified atom stereocenters. The van der Waals surface area contributed by atoms with Crippen molar-refractivity contribution < 1.29 is 23.7 Å². The van der Waals surface area contributed by atoms with Gasteiger partial charge in [-0.2, -0.15) is 0 Å². The van der Waals surface area contributed by atoms with Crippen LogP contribution < -0.4 is 0 Å². The van der Waals surface area contributed by atoms with Crippen LogP contribution in [0.3, 0.4) is 0 Å². The molecule has 4 fully saturated rings. The van der Waals surface area contributed by atoms with Crippen LogP contribution in [0.4, 0.5) is 0 Å². The molecule has 0 bridgehead atoms. The van der Waals surface area contributed by atoms with E-state index in [9.17, 15) is 0 Å². The van der Waals surface area contributed by atoms with Crippen LogP contribution in [0.2, 0.25) is 0 Å². The summed E-state index contributed by atoms with van der Waals surface area (Å²) in [5, 5.41) is 0. The van der Waals surface area contributed by atoms with E-state index in [0.29, 0.717) is 6.61 Å². The lowest BCUT2D eigenvalue weighted by Crippen LogP contribution is -2.56. The van der Waals surface area contributed by atoms with Gasteiger partial charge in [-0.05, 0) is 27.7 Å². The average molecular weight is 256 g/mol. The fraction of sp³-hybridized carbons (Fsp3) is 1.00. The topological polar surface area (TPSA) is 49.5 Å². The van der Waals surface area contributed by atoms with Crippen LogP contribution in [-0.2, 0) is 23.7 Å². The van der Waals surface area contributed by atoms with Crippen LogP contribution in [0.25, 0.3) is 0 Å². The Balaban J connectivity index is 1.66. The van der Waals surface area contributed by atoms with Gasteiger partial charge in [0, 0.05) is 6.42 Å². The van der Waals surface area contributed by atoms with Gasteiger partial charge in [-0.1, -0.05) is 0 Å². The summed E-state index contributed by atoms with van der Waals surface area (Å²) >= 11 is 0. The molecular formula is C13H20O5. The Kier molecular flexibility index (Phi) is 2.00. The van der Waals surface area contributed by atoms with E-state index in [0.717, 1.165) is 6.42 Å². The first kappa shape index (κ1) is 11.6. The maximum Gasteiger partial charge on any atom is 0.163 e. The van der Waals surface area contributed by atoms with E-state index in [2.05, 4.69) is 0 Å². The van der Waals surface area contributed by atoms with E-state index in [1.54, 1.807) is 0 Å². The van der Waals surface area contributed by atoms with E-state index in [1.165, 1.54) is 0 Å². The molecule has 0 amide bonds. The van der Waals surface area contributed by atoms with Crippen molar-refractivity contribution in [3.63, 3.8) is 0 Å². The lowest BCUT2D eigenvalue weighted by molar-refractivity contribution is -0.172. The average Bonchev–Trinajstić information content (AvgIpc) is 2.85. The first-order valence-electron chi connectivity index (χ1n) is 6.67. The molecule has 18 heavy (non-hydrogen) atoms. The molecule has 5 heteroatoms. The summed E-state index contributed by atoms with van der Waals surface area (Å²) in [5.74, 6) is -1.08. The van der Waals surface area contributed by atoms with Gasteiger partial charge in [0.25, 0.3) is 0 Å². The van der Waals surface area contributed by atoms with Gasteiger partial charge in [-0.15, -0.1) is 0 Å². The van der Waals surface area contributed by atoms with E-state index >= 15 is 0 Å². The molecule has 0 aromatic carbocycles. The summed E-state index contributed by atoms with van der Waals surface area (Å²) < 4.78 is 29.7. The van der Waals surface area contributed by atoms with E-state index in [4.69, 9.17) is 23.7 Å². The minimum atomic E-state index is -0.539. The lowest BCUT2D eigenvalue weighted by Gasteiger charge is -2.35. The largest absolute Gasteiger partial charge is 0.364 e. The van der Waals surface area contributed by atoms with Crippen molar-refractivity contribution >= 4 is 0 Å². The normalized spacial score (nSPS) is 55.3. The van der Waals surface area contributed by atoms with E-state index < -0.39 is 11.6 Å². The maximum atomic E-state index is 6.02. The zero-order chi connectivity index (χ0) is 12.8. The first-order valence-corrected chi connectivity index (χ1v) is 6.67. The molecule has 0 aromatic rings. The van der Waals surface area contributed by atoms with Crippen molar-refractivity contribution in [2.45, 2.75) is 75.7 Å². The Bertz CT molecular complexity index is 355. The highest BCUT2D eigenvalue weighted by Crippen LogP contribution is 2.54. The third-order valence-corrected chi connectivity index (χ3v) is 4.27. The molecule has 3 aliphatic heterocycles. The fourth-order valence-electron chi connectivity index (χ4n) is 3.65.